The number of amides is 2. The maximum atomic E-state index is 14.6. The van der Waals surface area contributed by atoms with E-state index in [1.165, 1.54) is 0 Å². The first-order valence-electron chi connectivity index (χ1n) is 17.8. The molecule has 0 aliphatic carbocycles. The van der Waals surface area contributed by atoms with Crippen LogP contribution in [0.1, 0.15) is 52.3 Å². The van der Waals surface area contributed by atoms with Gasteiger partial charge in [-0.1, -0.05) is 77.8 Å². The van der Waals surface area contributed by atoms with E-state index >= 15 is 0 Å². The number of halogens is 2. The lowest BCUT2D eigenvalue weighted by atomic mass is 9.99. The van der Waals surface area contributed by atoms with Crippen LogP contribution in [0.3, 0.4) is 0 Å². The van der Waals surface area contributed by atoms with Crippen molar-refractivity contribution in [3.05, 3.63) is 149 Å². The molecule has 1 saturated heterocycles. The molecule has 3 N–H and O–H groups in total. The van der Waals surface area contributed by atoms with Crippen LogP contribution in [-0.4, -0.2) is 55.4 Å². The van der Waals surface area contributed by atoms with E-state index in [9.17, 15) is 9.59 Å². The Morgan fingerprint density at radius 1 is 0.815 bits per heavy atom. The molecule has 0 radical (unpaired) electrons. The molecular formula is C42H36Cl2N8O2. The van der Waals surface area contributed by atoms with E-state index in [4.69, 9.17) is 33.2 Å². The van der Waals surface area contributed by atoms with E-state index in [1.54, 1.807) is 36.7 Å². The van der Waals surface area contributed by atoms with Crippen molar-refractivity contribution >= 4 is 57.4 Å². The number of nitrogens with zero attached hydrogens (tertiary/aromatic N) is 5. The summed E-state index contributed by atoms with van der Waals surface area (Å²) in [4.78, 5) is 46.8. The summed E-state index contributed by atoms with van der Waals surface area (Å²) in [6.45, 7) is 3.39. The van der Waals surface area contributed by atoms with Gasteiger partial charge in [-0.2, -0.15) is 0 Å². The Kier molecular flexibility index (Phi) is 9.86. The van der Waals surface area contributed by atoms with Crippen LogP contribution in [0.25, 0.3) is 33.4 Å². The number of anilines is 2. The summed E-state index contributed by atoms with van der Waals surface area (Å²) < 4.78 is 2.10. The summed E-state index contributed by atoms with van der Waals surface area (Å²) in [6, 6.07) is 32.1. The largest absolute Gasteiger partial charge is 0.355 e. The summed E-state index contributed by atoms with van der Waals surface area (Å²) in [5.74, 6) is 0.136. The Hall–Kier alpha value is -5.97. The number of piperidine rings is 1. The quantitative estimate of drug-likeness (QED) is 0.135. The molecule has 8 rings (SSSR count). The summed E-state index contributed by atoms with van der Waals surface area (Å²) in [5, 5.41) is 8.32. The third-order valence-electron chi connectivity index (χ3n) is 9.90. The number of aromatic amines is 1. The van der Waals surface area contributed by atoms with Crippen molar-refractivity contribution in [2.75, 3.05) is 23.3 Å². The van der Waals surface area contributed by atoms with Gasteiger partial charge >= 0.3 is 0 Å². The van der Waals surface area contributed by atoms with Gasteiger partial charge in [-0.15, -0.1) is 0 Å². The van der Waals surface area contributed by atoms with Crippen LogP contribution in [0.4, 0.5) is 11.5 Å². The highest BCUT2D eigenvalue weighted by Gasteiger charge is 2.29. The fraction of sp³-hybridized carbons (Fsp3) is 0.167. The van der Waals surface area contributed by atoms with E-state index in [1.807, 2.05) is 85.2 Å². The molecule has 1 unspecified atom stereocenters. The Morgan fingerprint density at radius 3 is 2.31 bits per heavy atom. The number of aromatic nitrogens is 5. The number of carbonyl (C=O) groups is 2. The molecule has 10 nitrogen and oxygen atoms in total. The number of hydrogen-bond donors (Lipinski definition) is 3. The number of pyridine rings is 2. The summed E-state index contributed by atoms with van der Waals surface area (Å²) in [5.41, 5.74) is 6.22. The fourth-order valence-electron chi connectivity index (χ4n) is 7.12. The van der Waals surface area contributed by atoms with Crippen LogP contribution in [0, 0.1) is 0 Å². The summed E-state index contributed by atoms with van der Waals surface area (Å²) in [7, 11) is 0. The zero-order valence-electron chi connectivity index (χ0n) is 29.3. The molecule has 270 valence electrons. The predicted molar refractivity (Wildman–Crippen MR) is 214 cm³/mol. The summed E-state index contributed by atoms with van der Waals surface area (Å²) >= 11 is 12.8. The third kappa shape index (κ3) is 7.05. The average Bonchev–Trinajstić information content (AvgIpc) is 3.81. The van der Waals surface area contributed by atoms with E-state index in [0.717, 1.165) is 33.4 Å². The molecule has 1 aliphatic heterocycles. The lowest BCUT2D eigenvalue weighted by Crippen LogP contribution is -2.45. The molecule has 0 saturated carbocycles. The molecule has 54 heavy (non-hydrogen) atoms. The standard InChI is InChI=1S/C42H36Cl2N8O2/c1-26(27-12-14-29(43)15-13-27)52-25-47-37(28-8-3-2-4-9-28)39(52)36-32-17-16-30(44)24-35(32)49-38(36)42(54)50-33-11-7-21-46-40(33)51-22-18-31(19-23-51)48-41(53)34-10-5-6-20-45-34/h2-17,20-21,24-26,31,49H,18-19,22-23H2,1H3,(H,48,53)(H,50,54). The van der Waals surface area contributed by atoms with Crippen molar-refractivity contribution in [1.82, 2.24) is 29.8 Å². The van der Waals surface area contributed by atoms with Gasteiger partial charge < -0.3 is 25.1 Å². The second-order valence-corrected chi connectivity index (χ2v) is 14.2. The average molecular weight is 756 g/mol. The fourth-order valence-corrected chi connectivity index (χ4v) is 7.42. The highest BCUT2D eigenvalue weighted by molar-refractivity contribution is 6.31. The van der Waals surface area contributed by atoms with Crippen molar-refractivity contribution in [2.45, 2.75) is 31.8 Å². The number of nitrogens with one attached hydrogen (secondary N) is 3. The zero-order valence-corrected chi connectivity index (χ0v) is 30.9. The summed E-state index contributed by atoms with van der Waals surface area (Å²) in [6.07, 6.45) is 6.59. The lowest BCUT2D eigenvalue weighted by Gasteiger charge is -2.34. The molecule has 1 aliphatic rings. The minimum atomic E-state index is -0.338. The van der Waals surface area contributed by atoms with Gasteiger partial charge in [0.2, 0.25) is 0 Å². The van der Waals surface area contributed by atoms with Gasteiger partial charge in [0, 0.05) is 63.6 Å². The topological polar surface area (TPSA) is 121 Å². The number of fused-ring (bicyclic) bond motifs is 1. The smallest absolute Gasteiger partial charge is 0.272 e. The van der Waals surface area contributed by atoms with Gasteiger partial charge in [-0.3, -0.25) is 14.6 Å². The van der Waals surface area contributed by atoms with Crippen molar-refractivity contribution in [1.29, 1.82) is 0 Å². The second-order valence-electron chi connectivity index (χ2n) is 13.3. The molecule has 2 amide bonds. The minimum Gasteiger partial charge on any atom is -0.355 e. The van der Waals surface area contributed by atoms with Crippen LogP contribution < -0.4 is 15.5 Å². The molecule has 7 aromatic rings. The minimum absolute atomic E-state index is 0.00262. The first-order chi connectivity index (χ1) is 26.3. The predicted octanol–water partition coefficient (Wildman–Crippen LogP) is 9.06. The van der Waals surface area contributed by atoms with Crippen LogP contribution in [0.15, 0.2) is 122 Å². The van der Waals surface area contributed by atoms with Crippen LogP contribution in [-0.2, 0) is 0 Å². The van der Waals surface area contributed by atoms with Crippen molar-refractivity contribution < 1.29 is 9.59 Å². The first-order valence-corrected chi connectivity index (χ1v) is 18.5. The zero-order chi connectivity index (χ0) is 37.2. The number of H-pyrrole nitrogens is 1. The van der Waals surface area contributed by atoms with Crippen LogP contribution >= 0.6 is 23.2 Å². The molecular weight excluding hydrogens is 719 g/mol. The van der Waals surface area contributed by atoms with Gasteiger partial charge in [-0.25, -0.2) is 9.97 Å². The monoisotopic (exact) mass is 754 g/mol. The Morgan fingerprint density at radius 2 is 1.56 bits per heavy atom. The second kappa shape index (κ2) is 15.2. The number of benzene rings is 3. The molecule has 12 heteroatoms. The van der Waals surface area contributed by atoms with E-state index in [-0.39, 0.29) is 23.9 Å². The highest BCUT2D eigenvalue weighted by atomic mass is 35.5. The van der Waals surface area contributed by atoms with Crippen molar-refractivity contribution in [3.63, 3.8) is 0 Å². The maximum absolute atomic E-state index is 14.6. The first kappa shape index (κ1) is 35.1. The van der Waals surface area contributed by atoms with E-state index in [2.05, 4.69) is 37.0 Å². The number of hydrogen-bond acceptors (Lipinski definition) is 6. The third-order valence-corrected chi connectivity index (χ3v) is 10.4. The molecule has 5 heterocycles. The van der Waals surface area contributed by atoms with Gasteiger partial charge in [0.1, 0.15) is 11.4 Å². The molecule has 4 aromatic heterocycles. The Labute approximate surface area is 322 Å². The normalized spacial score (nSPS) is 13.9. The Balaban J connectivity index is 1.14. The van der Waals surface area contributed by atoms with Gasteiger partial charge in [0.15, 0.2) is 5.82 Å². The van der Waals surface area contributed by atoms with Gasteiger partial charge in [0.25, 0.3) is 11.8 Å². The maximum Gasteiger partial charge on any atom is 0.272 e. The Bertz CT molecular complexity index is 2440. The van der Waals surface area contributed by atoms with Crippen LogP contribution in [0.5, 0.6) is 0 Å². The number of rotatable bonds is 9. The molecule has 3 aromatic carbocycles. The number of imidazole rings is 1. The van der Waals surface area contributed by atoms with Gasteiger partial charge in [-0.05, 0) is 73.9 Å². The van der Waals surface area contributed by atoms with E-state index < -0.39 is 0 Å². The molecule has 1 atom stereocenters. The lowest BCUT2D eigenvalue weighted by molar-refractivity contribution is 0.0925. The van der Waals surface area contributed by atoms with E-state index in [0.29, 0.717) is 64.4 Å². The molecule has 1 fully saturated rings. The molecule has 0 spiro atoms. The molecule has 0 bridgehead atoms. The number of carbonyl (C=O) groups excluding carboxylic acids is 2. The highest BCUT2D eigenvalue weighted by Crippen LogP contribution is 2.42. The SMILES string of the molecule is CC(c1ccc(Cl)cc1)n1cnc(-c2ccccc2)c1-c1c(C(=O)Nc2cccnc2N2CCC(NC(=O)c3ccccn3)CC2)[nH]c2cc(Cl)ccc12. The van der Waals surface area contributed by atoms with Gasteiger partial charge in [0.05, 0.1) is 29.4 Å². The van der Waals surface area contributed by atoms with Crippen molar-refractivity contribution in [2.24, 2.45) is 0 Å². The van der Waals surface area contributed by atoms with Crippen molar-refractivity contribution in [3.8, 4) is 22.5 Å². The van der Waals surface area contributed by atoms with Crippen LogP contribution in [0.2, 0.25) is 10.0 Å².